The maximum atomic E-state index is 8.58. The smallest absolute Gasteiger partial charge is 0.488 e. The number of aromatic nitrogens is 4. The van der Waals surface area contributed by atoms with E-state index in [9.17, 15) is 0 Å². The number of anilines is 2. The van der Waals surface area contributed by atoms with Crippen molar-refractivity contribution in [1.82, 2.24) is 19.9 Å². The maximum Gasteiger partial charge on any atom is 0.488 e. The summed E-state index contributed by atoms with van der Waals surface area (Å²) in [5.41, 5.74) is 15.8. The third-order valence-corrected chi connectivity index (χ3v) is 6.54. The highest BCUT2D eigenvalue weighted by Crippen LogP contribution is 2.33. The molecule has 0 bridgehead atoms. The molecule has 0 atom stereocenters. The highest BCUT2D eigenvalue weighted by molar-refractivity contribution is 9.10. The standard InChI is InChI=1S/C15H13N3O.C9H8BrN3O.C6H7BO2.CH4/c1-19-13-8-11(10-5-3-2-4-6-10)7-12-14(13)17-9-18-15(12)16;1-14-7-3-5(10)2-6-8(7)12-4-13-9(6)11;8-7(9)6-4-2-1-3-5-6;/h2-9H,1H3,(H2,16,17,18);2-4H,1H3,(H2,11,12,13);1-5,8-9H;1H4. The Morgan fingerprint density at radius 3 is 1.63 bits per heavy atom. The SMILES string of the molecule is C.COc1cc(-c2ccccc2)cc2c(N)ncnc12.COc1cc(Br)cc2c(N)ncnc12.OB(O)c1ccccc1. The van der Waals surface area contributed by atoms with Gasteiger partial charge in [0, 0.05) is 15.2 Å². The van der Waals surface area contributed by atoms with Gasteiger partial charge in [-0.15, -0.1) is 0 Å². The van der Waals surface area contributed by atoms with Crippen LogP contribution in [0.3, 0.4) is 0 Å². The molecule has 4 aromatic carbocycles. The fraction of sp³-hybridized carbons (Fsp3) is 0.0968. The summed E-state index contributed by atoms with van der Waals surface area (Å²) < 4.78 is 11.5. The largest absolute Gasteiger partial charge is 0.494 e. The normalized spacial score (nSPS) is 9.98. The van der Waals surface area contributed by atoms with Crippen LogP contribution in [0.2, 0.25) is 0 Å². The zero-order valence-corrected chi connectivity index (χ0v) is 24.4. The molecule has 0 aliphatic rings. The summed E-state index contributed by atoms with van der Waals surface area (Å²) in [6.45, 7) is 0. The maximum absolute atomic E-state index is 8.58. The quantitative estimate of drug-likeness (QED) is 0.195. The second kappa shape index (κ2) is 15.5. The summed E-state index contributed by atoms with van der Waals surface area (Å²) in [6.07, 6.45) is 2.87. The van der Waals surface area contributed by atoms with Crippen LogP contribution in [-0.4, -0.2) is 51.3 Å². The molecule has 220 valence electrons. The summed E-state index contributed by atoms with van der Waals surface area (Å²) in [4.78, 5) is 16.3. The van der Waals surface area contributed by atoms with Crippen molar-refractivity contribution < 1.29 is 19.5 Å². The van der Waals surface area contributed by atoms with Crippen LogP contribution >= 0.6 is 15.9 Å². The van der Waals surface area contributed by atoms with Crippen molar-refractivity contribution in [2.75, 3.05) is 25.7 Å². The van der Waals surface area contributed by atoms with Crippen LogP contribution in [0.4, 0.5) is 11.6 Å². The minimum absolute atomic E-state index is 0. The van der Waals surface area contributed by atoms with Gasteiger partial charge in [0.05, 0.1) is 14.2 Å². The van der Waals surface area contributed by atoms with E-state index in [1.807, 2.05) is 60.7 Å². The van der Waals surface area contributed by atoms with E-state index in [1.54, 1.807) is 38.5 Å². The number of ether oxygens (including phenoxy) is 2. The fourth-order valence-corrected chi connectivity index (χ4v) is 4.45. The monoisotopic (exact) mass is 642 g/mol. The molecule has 0 unspecified atom stereocenters. The molecule has 0 aliphatic carbocycles. The van der Waals surface area contributed by atoms with Crippen LogP contribution < -0.4 is 26.4 Å². The average Bonchev–Trinajstić information content (AvgIpc) is 3.02. The van der Waals surface area contributed by atoms with E-state index in [1.165, 1.54) is 12.7 Å². The molecule has 2 aromatic heterocycles. The molecule has 0 fully saturated rings. The Balaban J connectivity index is 0.000000186. The lowest BCUT2D eigenvalue weighted by Crippen LogP contribution is -2.29. The highest BCUT2D eigenvalue weighted by atomic mass is 79.9. The van der Waals surface area contributed by atoms with Crippen LogP contribution in [0.15, 0.2) is 102 Å². The number of nitrogens with zero attached hydrogens (tertiary/aromatic N) is 4. The highest BCUT2D eigenvalue weighted by Gasteiger charge is 2.10. The Labute approximate surface area is 258 Å². The van der Waals surface area contributed by atoms with E-state index in [2.05, 4.69) is 35.9 Å². The van der Waals surface area contributed by atoms with Crippen LogP contribution in [-0.2, 0) is 0 Å². The zero-order valence-electron chi connectivity index (χ0n) is 22.8. The molecule has 0 saturated carbocycles. The Morgan fingerprint density at radius 1 is 0.651 bits per heavy atom. The number of fused-ring (bicyclic) bond motifs is 2. The van der Waals surface area contributed by atoms with Crippen LogP contribution in [0.5, 0.6) is 11.5 Å². The van der Waals surface area contributed by atoms with Crippen LogP contribution in [0.25, 0.3) is 32.9 Å². The average molecular weight is 643 g/mol. The molecule has 0 amide bonds. The van der Waals surface area contributed by atoms with Crippen LogP contribution in [0.1, 0.15) is 7.43 Å². The molecule has 43 heavy (non-hydrogen) atoms. The van der Waals surface area contributed by atoms with Gasteiger partial charge in [-0.05, 0) is 40.9 Å². The van der Waals surface area contributed by atoms with E-state index in [0.717, 1.165) is 37.4 Å². The lowest BCUT2D eigenvalue weighted by atomic mass is 9.81. The number of nitrogen functional groups attached to an aromatic ring is 2. The minimum atomic E-state index is -1.34. The van der Waals surface area contributed by atoms with Crippen molar-refractivity contribution in [2.24, 2.45) is 0 Å². The molecular weight excluding hydrogens is 611 g/mol. The van der Waals surface area contributed by atoms with Crippen molar-refractivity contribution in [1.29, 1.82) is 0 Å². The lowest BCUT2D eigenvalue weighted by Gasteiger charge is -2.09. The van der Waals surface area contributed by atoms with Crippen LogP contribution in [0, 0.1) is 0 Å². The van der Waals surface area contributed by atoms with E-state index in [4.69, 9.17) is 31.0 Å². The Hall–Kier alpha value is -4.78. The number of rotatable bonds is 4. The summed E-state index contributed by atoms with van der Waals surface area (Å²) in [6, 6.07) is 26.4. The number of nitrogens with two attached hydrogens (primary N) is 2. The van der Waals surface area contributed by atoms with E-state index in [0.29, 0.717) is 28.6 Å². The van der Waals surface area contributed by atoms with Crippen molar-refractivity contribution in [3.63, 3.8) is 0 Å². The molecule has 0 radical (unpaired) electrons. The van der Waals surface area contributed by atoms with Gasteiger partial charge in [0.15, 0.2) is 0 Å². The first kappa shape index (κ1) is 32.7. The summed E-state index contributed by atoms with van der Waals surface area (Å²) in [7, 11) is 1.88. The van der Waals surface area contributed by atoms with E-state index < -0.39 is 7.12 Å². The Morgan fingerprint density at radius 2 is 1.14 bits per heavy atom. The molecule has 6 N–H and O–H groups in total. The fourth-order valence-electron chi connectivity index (χ4n) is 4.01. The summed E-state index contributed by atoms with van der Waals surface area (Å²) >= 11 is 3.37. The summed E-state index contributed by atoms with van der Waals surface area (Å²) in [5, 5.41) is 18.8. The molecular formula is C31H32BBrN6O4. The number of methoxy groups -OCH3 is 2. The number of halogens is 1. The second-order valence-electron chi connectivity index (χ2n) is 8.75. The third-order valence-electron chi connectivity index (χ3n) is 6.08. The first-order chi connectivity index (χ1) is 20.3. The van der Waals surface area contributed by atoms with E-state index in [-0.39, 0.29) is 7.43 Å². The van der Waals surface area contributed by atoms with Crippen molar-refractivity contribution >= 4 is 62.0 Å². The first-order valence-electron chi connectivity index (χ1n) is 12.6. The van der Waals surface area contributed by atoms with Gasteiger partial charge >= 0.3 is 7.12 Å². The van der Waals surface area contributed by atoms with E-state index >= 15 is 0 Å². The predicted octanol–water partition coefficient (Wildman–Crippen LogP) is 4.87. The summed E-state index contributed by atoms with van der Waals surface area (Å²) in [5.74, 6) is 2.30. The van der Waals surface area contributed by atoms with Crippen molar-refractivity contribution in [2.45, 2.75) is 7.43 Å². The number of hydrogen-bond donors (Lipinski definition) is 4. The number of hydrogen-bond acceptors (Lipinski definition) is 10. The zero-order chi connectivity index (χ0) is 30.1. The molecule has 6 rings (SSSR count). The Bertz CT molecular complexity index is 1780. The molecule has 12 heteroatoms. The molecule has 0 spiro atoms. The second-order valence-corrected chi connectivity index (χ2v) is 9.66. The van der Waals surface area contributed by atoms with Crippen molar-refractivity contribution in [3.8, 4) is 22.6 Å². The van der Waals surface area contributed by atoms with Gasteiger partial charge in [0.2, 0.25) is 0 Å². The van der Waals surface area contributed by atoms with Gasteiger partial charge in [-0.25, -0.2) is 19.9 Å². The lowest BCUT2D eigenvalue weighted by molar-refractivity contribution is 0.418. The first-order valence-corrected chi connectivity index (χ1v) is 13.4. The van der Waals surface area contributed by atoms with Gasteiger partial charge in [-0.3, -0.25) is 0 Å². The van der Waals surface area contributed by atoms with Gasteiger partial charge < -0.3 is 31.0 Å². The third kappa shape index (κ3) is 8.16. The molecule has 10 nitrogen and oxygen atoms in total. The predicted molar refractivity (Wildman–Crippen MR) is 177 cm³/mol. The number of benzene rings is 4. The van der Waals surface area contributed by atoms with Gasteiger partial charge in [-0.2, -0.15) is 0 Å². The molecule has 0 aliphatic heterocycles. The van der Waals surface area contributed by atoms with Gasteiger partial charge in [-0.1, -0.05) is 84.0 Å². The molecule has 0 saturated heterocycles. The Kier molecular flexibility index (Phi) is 11.8. The van der Waals surface area contributed by atoms with Crippen molar-refractivity contribution in [3.05, 3.63) is 102 Å². The topological polar surface area (TPSA) is 163 Å². The molecule has 6 aromatic rings. The minimum Gasteiger partial charge on any atom is -0.494 e. The van der Waals surface area contributed by atoms with Gasteiger partial charge in [0.1, 0.15) is 46.8 Å². The van der Waals surface area contributed by atoms with Gasteiger partial charge in [0.25, 0.3) is 0 Å². The molecule has 2 heterocycles.